The van der Waals surface area contributed by atoms with Gasteiger partial charge < -0.3 is 20.1 Å². The minimum Gasteiger partial charge on any atom is -0.497 e. The molecule has 0 saturated heterocycles. The van der Waals surface area contributed by atoms with Gasteiger partial charge >= 0.3 is 0 Å². The van der Waals surface area contributed by atoms with Gasteiger partial charge in [0.05, 0.1) is 31.9 Å². The van der Waals surface area contributed by atoms with Crippen molar-refractivity contribution in [1.29, 1.82) is 0 Å². The Morgan fingerprint density at radius 2 is 1.94 bits per heavy atom. The first kappa shape index (κ1) is 22.8. The molecular weight excluding hydrogens is 440 g/mol. The van der Waals surface area contributed by atoms with E-state index in [1.54, 1.807) is 13.4 Å². The smallest absolute Gasteiger partial charge is 0.227 e. The van der Waals surface area contributed by atoms with Crippen LogP contribution in [0.15, 0.2) is 30.6 Å². The predicted octanol–water partition coefficient (Wildman–Crippen LogP) is 3.60. The number of nitrogens with zero attached hydrogens (tertiary/aromatic N) is 3. The number of benzene rings is 1. The number of amides is 1. The van der Waals surface area contributed by atoms with Crippen LogP contribution < -0.4 is 10.1 Å². The van der Waals surface area contributed by atoms with Crippen LogP contribution in [0.1, 0.15) is 55.3 Å². The third-order valence-electron chi connectivity index (χ3n) is 9.10. The molecule has 1 amide bonds. The highest BCUT2D eigenvalue weighted by atomic mass is 16.5. The van der Waals surface area contributed by atoms with E-state index >= 15 is 0 Å². The third kappa shape index (κ3) is 4.39. The van der Waals surface area contributed by atoms with Crippen molar-refractivity contribution in [2.24, 2.45) is 23.2 Å². The largest absolute Gasteiger partial charge is 0.497 e. The van der Waals surface area contributed by atoms with Gasteiger partial charge in [0.2, 0.25) is 5.91 Å². The van der Waals surface area contributed by atoms with Crippen LogP contribution in [0.5, 0.6) is 5.75 Å². The predicted molar refractivity (Wildman–Crippen MR) is 133 cm³/mol. The maximum Gasteiger partial charge on any atom is 0.227 e. The number of nitrogens with one attached hydrogen (secondary N) is 1. The van der Waals surface area contributed by atoms with Crippen molar-refractivity contribution in [3.8, 4) is 5.75 Å². The summed E-state index contributed by atoms with van der Waals surface area (Å²) in [6.07, 6.45) is 10.0. The summed E-state index contributed by atoms with van der Waals surface area (Å²) in [7, 11) is 1.63. The number of rotatable bonds is 7. The summed E-state index contributed by atoms with van der Waals surface area (Å²) in [5.41, 5.74) is 3.02. The average Bonchev–Trinajstić information content (AvgIpc) is 2.86. The minimum atomic E-state index is -0.342. The van der Waals surface area contributed by atoms with Crippen molar-refractivity contribution in [2.75, 3.05) is 25.5 Å². The number of methoxy groups -OCH3 is 1. The SMILES string of the molecule is COc1cccc(CC(=O)N2CCc3c(ncnc3NCC(O)C34CC5CC(CC(C5)C3)C4)C2)c1. The molecule has 2 heterocycles. The van der Waals surface area contributed by atoms with Gasteiger partial charge in [-0.3, -0.25) is 4.79 Å². The molecule has 4 bridgehead atoms. The van der Waals surface area contributed by atoms with E-state index in [1.165, 1.54) is 38.5 Å². The molecule has 2 aromatic rings. The first-order valence-corrected chi connectivity index (χ1v) is 13.2. The number of aromatic nitrogens is 2. The fourth-order valence-corrected chi connectivity index (χ4v) is 7.78. The van der Waals surface area contributed by atoms with Gasteiger partial charge in [-0.05, 0) is 85.8 Å². The lowest BCUT2D eigenvalue weighted by molar-refractivity contribution is -0.131. The van der Waals surface area contributed by atoms with E-state index in [0.717, 1.165) is 52.6 Å². The summed E-state index contributed by atoms with van der Waals surface area (Å²) in [5, 5.41) is 14.8. The summed E-state index contributed by atoms with van der Waals surface area (Å²) < 4.78 is 5.28. The Labute approximate surface area is 207 Å². The van der Waals surface area contributed by atoms with Crippen molar-refractivity contribution in [3.63, 3.8) is 0 Å². The van der Waals surface area contributed by atoms with Gasteiger partial charge in [0.15, 0.2) is 0 Å². The van der Waals surface area contributed by atoms with Crippen LogP contribution in [0.4, 0.5) is 5.82 Å². The summed E-state index contributed by atoms with van der Waals surface area (Å²) in [6.45, 7) is 1.68. The molecule has 1 atom stereocenters. The molecule has 4 saturated carbocycles. The average molecular weight is 477 g/mol. The number of carbonyl (C=O) groups excluding carboxylic acids is 1. The van der Waals surface area contributed by atoms with E-state index in [1.807, 2.05) is 29.2 Å². The van der Waals surface area contributed by atoms with Gasteiger partial charge in [-0.25, -0.2) is 9.97 Å². The molecule has 0 spiro atoms. The molecule has 1 aliphatic heterocycles. The molecule has 7 heteroatoms. The summed E-state index contributed by atoms with van der Waals surface area (Å²) in [6, 6.07) is 7.67. The molecule has 4 aliphatic carbocycles. The topological polar surface area (TPSA) is 87.6 Å². The number of ether oxygens (including phenoxy) is 1. The van der Waals surface area contributed by atoms with Crippen LogP contribution in [0.3, 0.4) is 0 Å². The molecule has 7 rings (SSSR count). The van der Waals surface area contributed by atoms with Crippen LogP contribution in [0.2, 0.25) is 0 Å². The lowest BCUT2D eigenvalue weighted by atomic mass is 9.48. The van der Waals surface area contributed by atoms with Crippen molar-refractivity contribution in [3.05, 3.63) is 47.4 Å². The standard InChI is InChI=1S/C28H36N4O3/c1-35-22-4-2-3-18(10-22)11-26(34)32-6-5-23-24(16-32)30-17-31-27(23)29-15-25(33)28-12-19-7-20(13-28)9-21(8-19)14-28/h2-4,10,17,19-21,25,33H,5-9,11-16H2,1H3,(H,29,30,31). The van der Waals surface area contributed by atoms with Crippen molar-refractivity contribution >= 4 is 11.7 Å². The van der Waals surface area contributed by atoms with Crippen LogP contribution in [-0.4, -0.2) is 52.2 Å². The van der Waals surface area contributed by atoms with Crippen molar-refractivity contribution < 1.29 is 14.6 Å². The lowest BCUT2D eigenvalue weighted by Crippen LogP contribution is -2.53. The number of aliphatic hydroxyl groups excluding tert-OH is 1. The molecule has 1 aromatic heterocycles. The maximum atomic E-state index is 13.0. The van der Waals surface area contributed by atoms with Crippen molar-refractivity contribution in [1.82, 2.24) is 14.9 Å². The highest BCUT2D eigenvalue weighted by Gasteiger charge is 2.53. The molecule has 4 fully saturated rings. The highest BCUT2D eigenvalue weighted by molar-refractivity contribution is 5.79. The van der Waals surface area contributed by atoms with Gasteiger partial charge in [0, 0.05) is 18.7 Å². The molecule has 35 heavy (non-hydrogen) atoms. The Kier molecular flexibility index (Phi) is 5.91. The van der Waals surface area contributed by atoms with E-state index in [9.17, 15) is 9.90 Å². The summed E-state index contributed by atoms with van der Waals surface area (Å²) in [4.78, 5) is 23.9. The molecule has 5 aliphatic rings. The zero-order valence-electron chi connectivity index (χ0n) is 20.6. The number of hydrogen-bond donors (Lipinski definition) is 2. The number of hydrogen-bond acceptors (Lipinski definition) is 6. The van der Waals surface area contributed by atoms with Crippen molar-refractivity contribution in [2.45, 2.75) is 64.0 Å². The highest BCUT2D eigenvalue weighted by Crippen LogP contribution is 2.61. The molecule has 1 aromatic carbocycles. The quantitative estimate of drug-likeness (QED) is 0.635. The Morgan fingerprint density at radius 3 is 2.66 bits per heavy atom. The third-order valence-corrected chi connectivity index (χ3v) is 9.10. The molecule has 186 valence electrons. The van der Waals surface area contributed by atoms with Gasteiger partial charge in [-0.1, -0.05) is 12.1 Å². The van der Waals surface area contributed by atoms with E-state index in [2.05, 4.69) is 15.3 Å². The zero-order chi connectivity index (χ0) is 24.0. The van der Waals surface area contributed by atoms with Gasteiger partial charge in [-0.15, -0.1) is 0 Å². The lowest BCUT2D eigenvalue weighted by Gasteiger charge is -2.58. The van der Waals surface area contributed by atoms with Gasteiger partial charge in [0.25, 0.3) is 0 Å². The molecule has 1 unspecified atom stereocenters. The number of fused-ring (bicyclic) bond motifs is 1. The Balaban J connectivity index is 1.10. The van der Waals surface area contributed by atoms with E-state index in [0.29, 0.717) is 26.1 Å². The summed E-state index contributed by atoms with van der Waals surface area (Å²) >= 11 is 0. The monoisotopic (exact) mass is 476 g/mol. The fourth-order valence-electron chi connectivity index (χ4n) is 7.78. The van der Waals surface area contributed by atoms with Crippen LogP contribution in [0, 0.1) is 23.2 Å². The maximum absolute atomic E-state index is 13.0. The van der Waals surface area contributed by atoms with E-state index in [4.69, 9.17) is 4.74 Å². The second kappa shape index (κ2) is 9.08. The second-order valence-corrected chi connectivity index (χ2v) is 11.4. The normalized spacial score (nSPS) is 29.5. The molecule has 7 nitrogen and oxygen atoms in total. The first-order valence-electron chi connectivity index (χ1n) is 13.2. The molecule has 0 radical (unpaired) electrons. The van der Waals surface area contributed by atoms with Crippen LogP contribution >= 0.6 is 0 Å². The Bertz CT molecular complexity index is 1070. The minimum absolute atomic E-state index is 0.0919. The second-order valence-electron chi connectivity index (χ2n) is 11.4. The molecule has 2 N–H and O–H groups in total. The Hall–Kier alpha value is -2.67. The van der Waals surface area contributed by atoms with Crippen LogP contribution in [0.25, 0.3) is 0 Å². The Morgan fingerprint density at radius 1 is 1.20 bits per heavy atom. The molecular formula is C28H36N4O3. The fraction of sp³-hybridized carbons (Fsp3) is 0.607. The van der Waals surface area contributed by atoms with Gasteiger partial charge in [0.1, 0.15) is 17.9 Å². The zero-order valence-corrected chi connectivity index (χ0v) is 20.6. The van der Waals surface area contributed by atoms with E-state index in [-0.39, 0.29) is 17.4 Å². The van der Waals surface area contributed by atoms with Crippen LogP contribution in [-0.2, 0) is 24.2 Å². The number of aliphatic hydroxyl groups is 1. The summed E-state index contributed by atoms with van der Waals surface area (Å²) in [5.74, 6) is 4.14. The first-order chi connectivity index (χ1) is 17.0. The van der Waals surface area contributed by atoms with E-state index < -0.39 is 0 Å². The number of anilines is 1. The van der Waals surface area contributed by atoms with Gasteiger partial charge in [-0.2, -0.15) is 0 Å². The number of carbonyl (C=O) groups is 1.